The molecule has 0 atom stereocenters. The maximum Gasteiger partial charge on any atom is 0.224 e. The van der Waals surface area contributed by atoms with Crippen molar-refractivity contribution in [3.05, 3.63) is 0 Å². The third kappa shape index (κ3) is 12.7. The zero-order chi connectivity index (χ0) is 18.2. The number of nitrogens with one attached hydrogen (secondary N) is 2. The summed E-state index contributed by atoms with van der Waals surface area (Å²) < 4.78 is 10.9. The molecule has 1 rings (SSSR count). The Labute approximate surface area is 175 Å². The fourth-order valence-corrected chi connectivity index (χ4v) is 2.54. The maximum atomic E-state index is 12.0. The lowest BCUT2D eigenvalue weighted by Crippen LogP contribution is -2.40. The van der Waals surface area contributed by atoms with Gasteiger partial charge < -0.3 is 25.0 Å². The number of unbranched alkanes of at least 4 members (excludes halogenated alkanes) is 1. The van der Waals surface area contributed by atoms with Crippen LogP contribution < -0.4 is 10.6 Å². The van der Waals surface area contributed by atoms with E-state index in [4.69, 9.17) is 9.47 Å². The highest BCUT2D eigenvalue weighted by Crippen LogP contribution is 2.08. The quantitative estimate of drug-likeness (QED) is 0.181. The summed E-state index contributed by atoms with van der Waals surface area (Å²) in [4.78, 5) is 18.4. The maximum absolute atomic E-state index is 12.0. The van der Waals surface area contributed by atoms with Crippen LogP contribution >= 0.6 is 24.0 Å². The van der Waals surface area contributed by atoms with Crippen molar-refractivity contribution in [1.82, 2.24) is 15.5 Å². The molecule has 154 valence electrons. The Kier molecular flexibility index (Phi) is 17.4. The van der Waals surface area contributed by atoms with Crippen molar-refractivity contribution in [3.63, 3.8) is 0 Å². The first-order valence-corrected chi connectivity index (χ1v) is 9.73. The topological polar surface area (TPSA) is 75.2 Å². The molecule has 1 fully saturated rings. The fourth-order valence-electron chi connectivity index (χ4n) is 2.54. The highest BCUT2D eigenvalue weighted by atomic mass is 127. The van der Waals surface area contributed by atoms with Gasteiger partial charge in [-0.25, -0.2) is 0 Å². The molecule has 0 aliphatic carbocycles. The Hall–Kier alpha value is -0.610. The number of rotatable bonds is 13. The largest absolute Gasteiger partial charge is 0.379 e. The number of nitrogens with zero attached hydrogens (tertiary/aromatic N) is 2. The molecule has 2 N–H and O–H groups in total. The molecule has 0 aromatic heterocycles. The molecule has 0 spiro atoms. The van der Waals surface area contributed by atoms with Crippen LogP contribution in [0.5, 0.6) is 0 Å². The number of hydrogen-bond donors (Lipinski definition) is 2. The summed E-state index contributed by atoms with van der Waals surface area (Å²) in [7, 11) is 0. The first-order valence-electron chi connectivity index (χ1n) is 9.73. The van der Waals surface area contributed by atoms with E-state index in [1.54, 1.807) is 0 Å². The Morgan fingerprint density at radius 1 is 1.04 bits per heavy atom. The second kappa shape index (κ2) is 17.8. The molecule has 0 radical (unpaired) electrons. The van der Waals surface area contributed by atoms with Crippen molar-refractivity contribution in [2.75, 3.05) is 59.2 Å². The predicted molar refractivity (Wildman–Crippen MR) is 116 cm³/mol. The van der Waals surface area contributed by atoms with Crippen LogP contribution in [-0.2, 0) is 14.3 Å². The van der Waals surface area contributed by atoms with Crippen LogP contribution in [0, 0.1) is 0 Å². The molecule has 1 heterocycles. The summed E-state index contributed by atoms with van der Waals surface area (Å²) in [5.41, 5.74) is 0. The molecule has 1 saturated heterocycles. The van der Waals surface area contributed by atoms with Crippen molar-refractivity contribution in [2.24, 2.45) is 4.99 Å². The monoisotopic (exact) mass is 484 g/mol. The van der Waals surface area contributed by atoms with Gasteiger partial charge in [-0.05, 0) is 26.2 Å². The number of ether oxygens (including phenoxy) is 2. The Bertz CT molecular complexity index is 377. The van der Waals surface area contributed by atoms with Gasteiger partial charge in [-0.15, -0.1) is 24.0 Å². The molecular weight excluding hydrogens is 447 g/mol. The van der Waals surface area contributed by atoms with E-state index in [2.05, 4.69) is 22.5 Å². The highest BCUT2D eigenvalue weighted by Gasteiger charge is 2.17. The number of amides is 1. The van der Waals surface area contributed by atoms with Gasteiger partial charge in [-0.2, -0.15) is 0 Å². The number of halogens is 1. The summed E-state index contributed by atoms with van der Waals surface area (Å²) in [5, 5.41) is 6.40. The number of likely N-dealkylation sites (tertiary alicyclic amines) is 1. The van der Waals surface area contributed by atoms with Crippen LogP contribution in [0.4, 0.5) is 0 Å². The Morgan fingerprint density at radius 2 is 1.73 bits per heavy atom. The molecule has 1 aliphatic heterocycles. The van der Waals surface area contributed by atoms with Gasteiger partial charge in [0, 0.05) is 39.2 Å². The Balaban J connectivity index is 0.00000625. The van der Waals surface area contributed by atoms with Gasteiger partial charge in [0.25, 0.3) is 0 Å². The molecule has 0 aromatic carbocycles. The SMILES string of the molecule is CCCCOCCOCCN=C(NCC)NCCC(=O)N1CCCC1.I. The second-order valence-corrected chi connectivity index (χ2v) is 6.10. The van der Waals surface area contributed by atoms with Crippen molar-refractivity contribution in [3.8, 4) is 0 Å². The van der Waals surface area contributed by atoms with E-state index in [-0.39, 0.29) is 29.9 Å². The molecule has 0 bridgehead atoms. The van der Waals surface area contributed by atoms with E-state index < -0.39 is 0 Å². The summed E-state index contributed by atoms with van der Waals surface area (Å²) >= 11 is 0. The summed E-state index contributed by atoms with van der Waals surface area (Å²) in [5.74, 6) is 0.965. The lowest BCUT2D eigenvalue weighted by atomic mass is 10.3. The molecule has 0 saturated carbocycles. The summed E-state index contributed by atoms with van der Waals surface area (Å²) in [6.07, 6.45) is 5.03. The predicted octanol–water partition coefficient (Wildman–Crippen LogP) is 2.01. The van der Waals surface area contributed by atoms with E-state index >= 15 is 0 Å². The normalized spacial score (nSPS) is 14.2. The van der Waals surface area contributed by atoms with Crippen LogP contribution in [0.2, 0.25) is 0 Å². The van der Waals surface area contributed by atoms with Crippen LogP contribution in [0.3, 0.4) is 0 Å². The van der Waals surface area contributed by atoms with E-state index in [0.29, 0.717) is 39.3 Å². The van der Waals surface area contributed by atoms with Gasteiger partial charge in [0.15, 0.2) is 5.96 Å². The third-order valence-corrected chi connectivity index (χ3v) is 3.95. The molecule has 0 aromatic rings. The third-order valence-electron chi connectivity index (χ3n) is 3.95. The van der Waals surface area contributed by atoms with E-state index in [9.17, 15) is 4.79 Å². The van der Waals surface area contributed by atoms with E-state index in [1.807, 2.05) is 11.8 Å². The number of carbonyl (C=O) groups excluding carboxylic acids is 1. The zero-order valence-electron chi connectivity index (χ0n) is 16.4. The van der Waals surface area contributed by atoms with Crippen molar-refractivity contribution in [1.29, 1.82) is 0 Å². The highest BCUT2D eigenvalue weighted by molar-refractivity contribution is 14.0. The van der Waals surface area contributed by atoms with Crippen LogP contribution in [0.25, 0.3) is 0 Å². The lowest BCUT2D eigenvalue weighted by molar-refractivity contribution is -0.129. The molecule has 26 heavy (non-hydrogen) atoms. The minimum atomic E-state index is 0. The van der Waals surface area contributed by atoms with Gasteiger partial charge in [-0.1, -0.05) is 13.3 Å². The van der Waals surface area contributed by atoms with Crippen LogP contribution in [0.1, 0.15) is 46.0 Å². The minimum Gasteiger partial charge on any atom is -0.379 e. The lowest BCUT2D eigenvalue weighted by Gasteiger charge is -2.16. The number of aliphatic imine (C=N–C) groups is 1. The van der Waals surface area contributed by atoms with Gasteiger partial charge in [0.05, 0.1) is 26.4 Å². The number of guanidine groups is 1. The van der Waals surface area contributed by atoms with Gasteiger partial charge >= 0.3 is 0 Å². The van der Waals surface area contributed by atoms with Crippen molar-refractivity contribution < 1.29 is 14.3 Å². The van der Waals surface area contributed by atoms with Gasteiger partial charge in [0.1, 0.15) is 0 Å². The zero-order valence-corrected chi connectivity index (χ0v) is 18.8. The van der Waals surface area contributed by atoms with Gasteiger partial charge in [-0.3, -0.25) is 9.79 Å². The first-order chi connectivity index (χ1) is 12.3. The summed E-state index contributed by atoms with van der Waals surface area (Å²) in [6, 6.07) is 0. The Morgan fingerprint density at radius 3 is 2.38 bits per heavy atom. The average molecular weight is 484 g/mol. The second-order valence-electron chi connectivity index (χ2n) is 6.10. The summed E-state index contributed by atoms with van der Waals surface area (Å²) in [6.45, 7) is 10.6. The molecule has 8 heteroatoms. The number of hydrogen-bond acceptors (Lipinski definition) is 4. The fraction of sp³-hybridized carbons (Fsp3) is 0.889. The average Bonchev–Trinajstić information content (AvgIpc) is 3.15. The smallest absolute Gasteiger partial charge is 0.224 e. The van der Waals surface area contributed by atoms with E-state index in [0.717, 1.165) is 57.9 Å². The van der Waals surface area contributed by atoms with Crippen LogP contribution in [0.15, 0.2) is 4.99 Å². The van der Waals surface area contributed by atoms with Gasteiger partial charge in [0.2, 0.25) is 5.91 Å². The molecular formula is C18H37IN4O3. The molecule has 1 aliphatic rings. The molecule has 1 amide bonds. The first kappa shape index (κ1) is 25.4. The molecule has 0 unspecified atom stereocenters. The van der Waals surface area contributed by atoms with Crippen LogP contribution in [-0.4, -0.2) is 75.9 Å². The van der Waals surface area contributed by atoms with Crippen molar-refractivity contribution >= 4 is 35.8 Å². The van der Waals surface area contributed by atoms with Crippen molar-refractivity contribution in [2.45, 2.75) is 46.0 Å². The number of carbonyl (C=O) groups is 1. The minimum absolute atomic E-state index is 0. The van der Waals surface area contributed by atoms with E-state index in [1.165, 1.54) is 0 Å². The molecule has 7 nitrogen and oxygen atoms in total. The standard InChI is InChI=1S/C18H36N4O3.HI/c1-3-5-13-24-15-16-25-14-10-21-18(19-4-2)20-9-8-17(23)22-11-6-7-12-22;/h3-16H2,1-2H3,(H2,19,20,21);1H.